The highest BCUT2D eigenvalue weighted by Gasteiger charge is 2.20. The van der Waals surface area contributed by atoms with Crippen molar-refractivity contribution in [2.75, 3.05) is 21.3 Å². The summed E-state index contributed by atoms with van der Waals surface area (Å²) in [6.45, 7) is 0. The third kappa shape index (κ3) is 4.81. The molecule has 1 unspecified atom stereocenters. The fourth-order valence-corrected chi connectivity index (χ4v) is 3.07. The number of benzene rings is 2. The third-order valence-corrected chi connectivity index (χ3v) is 4.70. The first-order valence-electron chi connectivity index (χ1n) is 9.37. The predicted octanol–water partition coefficient (Wildman–Crippen LogP) is 3.36. The quantitative estimate of drug-likeness (QED) is 0.580. The van der Waals surface area contributed by atoms with Gasteiger partial charge in [0.1, 0.15) is 29.1 Å². The van der Waals surface area contributed by atoms with Gasteiger partial charge in [-0.2, -0.15) is 0 Å². The first kappa shape index (κ1) is 21.0. The van der Waals surface area contributed by atoms with Gasteiger partial charge in [0.25, 0.3) is 0 Å². The minimum absolute atomic E-state index is 0.260. The number of methoxy groups -OCH3 is 3. The number of aryl methyl sites for hydroxylation is 1. The summed E-state index contributed by atoms with van der Waals surface area (Å²) >= 11 is 0. The number of amides is 1. The summed E-state index contributed by atoms with van der Waals surface area (Å²) in [5.74, 6) is 2.54. The van der Waals surface area contributed by atoms with E-state index in [0.29, 0.717) is 11.5 Å². The lowest BCUT2D eigenvalue weighted by Crippen LogP contribution is -2.29. The molecule has 0 bridgehead atoms. The lowest BCUT2D eigenvalue weighted by atomic mass is 10.1. The van der Waals surface area contributed by atoms with E-state index in [1.807, 2.05) is 48.1 Å². The number of rotatable bonds is 8. The van der Waals surface area contributed by atoms with Crippen molar-refractivity contribution in [3.8, 4) is 17.2 Å². The number of carbonyl (C=O) groups excluding carboxylic acids is 1. The first-order valence-corrected chi connectivity index (χ1v) is 9.37. The number of ether oxygens (including phenoxy) is 3. The maximum atomic E-state index is 12.8. The molecule has 2 aromatic carbocycles. The third-order valence-electron chi connectivity index (χ3n) is 4.70. The molecule has 0 spiro atoms. The van der Waals surface area contributed by atoms with E-state index in [1.165, 1.54) is 6.08 Å². The molecule has 0 aliphatic rings. The fourth-order valence-electron chi connectivity index (χ4n) is 3.07. The van der Waals surface area contributed by atoms with E-state index in [1.54, 1.807) is 45.7 Å². The number of hydrogen-bond acceptors (Lipinski definition) is 5. The second-order valence-electron chi connectivity index (χ2n) is 6.55. The summed E-state index contributed by atoms with van der Waals surface area (Å²) < 4.78 is 17.7. The van der Waals surface area contributed by atoms with Crippen molar-refractivity contribution in [1.29, 1.82) is 0 Å². The Morgan fingerprint density at radius 2 is 1.73 bits per heavy atom. The van der Waals surface area contributed by atoms with Gasteiger partial charge in [0.15, 0.2) is 0 Å². The zero-order chi connectivity index (χ0) is 21.5. The molecule has 1 N–H and O–H groups in total. The molecule has 3 aromatic rings. The second kappa shape index (κ2) is 9.65. The molecule has 3 rings (SSSR count). The minimum Gasteiger partial charge on any atom is -0.497 e. The van der Waals surface area contributed by atoms with Crippen LogP contribution in [0.15, 0.2) is 60.9 Å². The van der Waals surface area contributed by atoms with Gasteiger partial charge in [-0.3, -0.25) is 4.79 Å². The molecular formula is C23H25N3O4. The molecule has 1 aromatic heterocycles. The van der Waals surface area contributed by atoms with Crippen molar-refractivity contribution < 1.29 is 19.0 Å². The molecule has 7 nitrogen and oxygen atoms in total. The van der Waals surface area contributed by atoms with Crippen molar-refractivity contribution in [1.82, 2.24) is 14.9 Å². The summed E-state index contributed by atoms with van der Waals surface area (Å²) in [6, 6.07) is 12.5. The molecule has 30 heavy (non-hydrogen) atoms. The minimum atomic E-state index is -0.416. The summed E-state index contributed by atoms with van der Waals surface area (Å²) in [4.78, 5) is 17.2. The van der Waals surface area contributed by atoms with E-state index >= 15 is 0 Å². The van der Waals surface area contributed by atoms with Crippen LogP contribution in [0.2, 0.25) is 0 Å². The topological polar surface area (TPSA) is 74.6 Å². The van der Waals surface area contributed by atoms with Crippen LogP contribution in [0, 0.1) is 0 Å². The largest absolute Gasteiger partial charge is 0.497 e. The van der Waals surface area contributed by atoms with Crippen molar-refractivity contribution in [3.63, 3.8) is 0 Å². The summed E-state index contributed by atoms with van der Waals surface area (Å²) in [5.41, 5.74) is 1.64. The standard InChI is InChI=1S/C23H25N3O4/c1-26-14-13-24-23(26)22(16-5-8-18(28-2)9-6-16)25-21(27)12-7-17-15-19(29-3)10-11-20(17)30-4/h5-15,22H,1-4H3,(H,25,27)/b12-7+. The van der Waals surface area contributed by atoms with Crippen LogP contribution in [-0.4, -0.2) is 36.8 Å². The van der Waals surface area contributed by atoms with Crippen molar-refractivity contribution >= 4 is 12.0 Å². The van der Waals surface area contributed by atoms with Gasteiger partial charge >= 0.3 is 0 Å². The summed E-state index contributed by atoms with van der Waals surface area (Å²) in [5, 5.41) is 3.03. The summed E-state index contributed by atoms with van der Waals surface area (Å²) in [7, 11) is 6.68. The number of carbonyl (C=O) groups is 1. The number of imidazole rings is 1. The Kier molecular flexibility index (Phi) is 6.75. The molecule has 0 saturated heterocycles. The van der Waals surface area contributed by atoms with E-state index < -0.39 is 6.04 Å². The number of aromatic nitrogens is 2. The normalized spacial score (nSPS) is 11.9. The molecule has 0 radical (unpaired) electrons. The molecule has 0 fully saturated rings. The lowest BCUT2D eigenvalue weighted by Gasteiger charge is -2.18. The summed E-state index contributed by atoms with van der Waals surface area (Å²) in [6.07, 6.45) is 6.71. The van der Waals surface area contributed by atoms with Crippen LogP contribution in [-0.2, 0) is 11.8 Å². The van der Waals surface area contributed by atoms with Gasteiger partial charge in [-0.05, 0) is 42.0 Å². The van der Waals surface area contributed by atoms with Crippen LogP contribution in [0.1, 0.15) is 23.0 Å². The maximum Gasteiger partial charge on any atom is 0.244 e. The Morgan fingerprint density at radius 1 is 1.03 bits per heavy atom. The number of hydrogen-bond donors (Lipinski definition) is 1. The molecule has 1 heterocycles. The van der Waals surface area contributed by atoms with Crippen LogP contribution in [0.25, 0.3) is 6.08 Å². The van der Waals surface area contributed by atoms with Gasteiger partial charge in [0, 0.05) is 31.1 Å². The van der Waals surface area contributed by atoms with E-state index in [-0.39, 0.29) is 5.91 Å². The van der Waals surface area contributed by atoms with Crippen LogP contribution in [0.3, 0.4) is 0 Å². The average Bonchev–Trinajstić information content (AvgIpc) is 3.21. The second-order valence-corrected chi connectivity index (χ2v) is 6.55. The molecule has 1 amide bonds. The van der Waals surface area contributed by atoms with Crippen molar-refractivity contribution in [2.24, 2.45) is 7.05 Å². The lowest BCUT2D eigenvalue weighted by molar-refractivity contribution is -0.117. The van der Waals surface area contributed by atoms with Gasteiger partial charge in [-0.25, -0.2) is 4.98 Å². The molecule has 1 atom stereocenters. The van der Waals surface area contributed by atoms with E-state index in [9.17, 15) is 4.79 Å². The zero-order valence-electron chi connectivity index (χ0n) is 17.5. The highest BCUT2D eigenvalue weighted by atomic mass is 16.5. The highest BCUT2D eigenvalue weighted by molar-refractivity contribution is 5.92. The van der Waals surface area contributed by atoms with Crippen molar-refractivity contribution in [3.05, 3.63) is 77.9 Å². The Morgan fingerprint density at radius 3 is 2.33 bits per heavy atom. The predicted molar refractivity (Wildman–Crippen MR) is 115 cm³/mol. The SMILES string of the molecule is COc1ccc(C(NC(=O)/C=C/c2cc(OC)ccc2OC)c2nccn2C)cc1. The van der Waals surface area contributed by atoms with Gasteiger partial charge in [-0.15, -0.1) is 0 Å². The van der Waals surface area contributed by atoms with Crippen LogP contribution >= 0.6 is 0 Å². The highest BCUT2D eigenvalue weighted by Crippen LogP contribution is 2.26. The van der Waals surface area contributed by atoms with Crippen LogP contribution < -0.4 is 19.5 Å². The Bertz CT molecular complexity index is 1030. The zero-order valence-corrected chi connectivity index (χ0v) is 17.5. The van der Waals surface area contributed by atoms with Gasteiger partial charge in [-0.1, -0.05) is 12.1 Å². The fraction of sp³-hybridized carbons (Fsp3) is 0.217. The molecule has 7 heteroatoms. The van der Waals surface area contributed by atoms with Crippen LogP contribution in [0.5, 0.6) is 17.2 Å². The number of nitrogens with one attached hydrogen (secondary N) is 1. The van der Waals surface area contributed by atoms with Gasteiger partial charge in [0.05, 0.1) is 21.3 Å². The average molecular weight is 407 g/mol. The Balaban J connectivity index is 1.85. The Labute approximate surface area is 175 Å². The Hall–Kier alpha value is -3.74. The van der Waals surface area contributed by atoms with Crippen molar-refractivity contribution in [2.45, 2.75) is 6.04 Å². The van der Waals surface area contributed by atoms with E-state index in [2.05, 4.69) is 10.3 Å². The molecule has 0 aliphatic heterocycles. The molecular weight excluding hydrogens is 382 g/mol. The van der Waals surface area contributed by atoms with Gasteiger partial charge in [0.2, 0.25) is 5.91 Å². The molecule has 156 valence electrons. The van der Waals surface area contributed by atoms with Crippen LogP contribution in [0.4, 0.5) is 0 Å². The number of nitrogens with zero attached hydrogens (tertiary/aromatic N) is 2. The van der Waals surface area contributed by atoms with E-state index in [4.69, 9.17) is 14.2 Å². The first-order chi connectivity index (χ1) is 14.5. The molecule has 0 saturated carbocycles. The van der Waals surface area contributed by atoms with E-state index in [0.717, 1.165) is 22.7 Å². The smallest absolute Gasteiger partial charge is 0.244 e. The maximum absolute atomic E-state index is 12.8. The van der Waals surface area contributed by atoms with Gasteiger partial charge < -0.3 is 24.1 Å². The monoisotopic (exact) mass is 407 g/mol. The molecule has 0 aliphatic carbocycles.